The zero-order valence-electron chi connectivity index (χ0n) is 10.1. The minimum absolute atomic E-state index is 0.149. The summed E-state index contributed by atoms with van der Waals surface area (Å²) in [7, 11) is 0. The molecule has 104 valence electrons. The number of hydrogen-bond acceptors (Lipinski definition) is 3. The van der Waals surface area contributed by atoms with Gasteiger partial charge in [0.15, 0.2) is 0 Å². The van der Waals surface area contributed by atoms with E-state index in [0.29, 0.717) is 21.5 Å². The van der Waals surface area contributed by atoms with Gasteiger partial charge in [0.1, 0.15) is 5.82 Å². The molecule has 0 unspecified atom stereocenters. The summed E-state index contributed by atoms with van der Waals surface area (Å²) in [5.74, 6) is -1.11. The van der Waals surface area contributed by atoms with Crippen LogP contribution in [-0.2, 0) is 0 Å². The van der Waals surface area contributed by atoms with E-state index in [1.54, 1.807) is 12.1 Å². The van der Waals surface area contributed by atoms with Crippen LogP contribution in [0.15, 0.2) is 34.8 Å². The third kappa shape index (κ3) is 2.86. The van der Waals surface area contributed by atoms with Crippen LogP contribution in [0, 0.1) is 5.82 Å². The zero-order valence-corrected chi connectivity index (χ0v) is 12.4. The number of nitrogens with two attached hydrogens (primary N) is 2. The Labute approximate surface area is 128 Å². The number of rotatable bonds is 3. The van der Waals surface area contributed by atoms with Gasteiger partial charge in [0.05, 0.1) is 27.6 Å². The Bertz CT molecular complexity index is 670. The maximum atomic E-state index is 13.2. The van der Waals surface area contributed by atoms with E-state index in [4.69, 9.17) is 23.1 Å². The smallest absolute Gasteiger partial charge is 0.250 e. The molecule has 7 heteroatoms. The van der Waals surface area contributed by atoms with Crippen LogP contribution in [0.2, 0.25) is 5.02 Å². The van der Waals surface area contributed by atoms with Crippen LogP contribution < -0.4 is 16.8 Å². The van der Waals surface area contributed by atoms with Gasteiger partial charge in [0.2, 0.25) is 0 Å². The number of hydrogen-bond donors (Lipinski definition) is 3. The van der Waals surface area contributed by atoms with E-state index in [2.05, 4.69) is 21.2 Å². The van der Waals surface area contributed by atoms with E-state index in [1.807, 2.05) is 0 Å². The quantitative estimate of drug-likeness (QED) is 0.732. The minimum atomic E-state index is -0.630. The first-order valence-electron chi connectivity index (χ1n) is 5.50. The standard InChI is InChI=1S/C13H10BrClFN3O/c14-8-4-6(16)5-9(15)12(8)19-11-7(13(18)20)2-1-3-10(11)17/h1-5,19H,17H2,(H2,18,20). The Hall–Kier alpha value is -1.79. The highest BCUT2D eigenvalue weighted by atomic mass is 79.9. The number of benzene rings is 2. The van der Waals surface area contributed by atoms with Crippen LogP contribution in [-0.4, -0.2) is 5.91 Å². The van der Waals surface area contributed by atoms with Crippen molar-refractivity contribution in [1.29, 1.82) is 0 Å². The number of primary amides is 1. The van der Waals surface area contributed by atoms with Crippen molar-refractivity contribution in [2.75, 3.05) is 11.1 Å². The monoisotopic (exact) mass is 357 g/mol. The molecule has 0 aromatic heterocycles. The van der Waals surface area contributed by atoms with Gasteiger partial charge in [-0.1, -0.05) is 17.7 Å². The molecule has 0 spiro atoms. The lowest BCUT2D eigenvalue weighted by Crippen LogP contribution is -2.14. The molecule has 2 aromatic rings. The second-order valence-corrected chi connectivity index (χ2v) is 5.27. The molecule has 2 rings (SSSR count). The number of anilines is 3. The van der Waals surface area contributed by atoms with Crippen molar-refractivity contribution >= 4 is 50.5 Å². The van der Waals surface area contributed by atoms with Gasteiger partial charge >= 0.3 is 0 Å². The number of nitrogen functional groups attached to an aromatic ring is 1. The highest BCUT2D eigenvalue weighted by molar-refractivity contribution is 9.10. The van der Waals surface area contributed by atoms with Gasteiger partial charge in [0, 0.05) is 4.47 Å². The summed E-state index contributed by atoms with van der Waals surface area (Å²) in [4.78, 5) is 11.4. The van der Waals surface area contributed by atoms with Crippen LogP contribution in [0.5, 0.6) is 0 Å². The summed E-state index contributed by atoms with van der Waals surface area (Å²) < 4.78 is 13.6. The van der Waals surface area contributed by atoms with Crippen LogP contribution in [0.1, 0.15) is 10.4 Å². The molecule has 2 aromatic carbocycles. The molecular formula is C13H10BrClFN3O. The predicted molar refractivity (Wildman–Crippen MR) is 81.8 cm³/mol. The molecule has 5 N–H and O–H groups in total. The molecule has 0 aliphatic heterocycles. The van der Waals surface area contributed by atoms with Crippen LogP contribution >= 0.6 is 27.5 Å². The van der Waals surface area contributed by atoms with Gasteiger partial charge in [-0.2, -0.15) is 0 Å². The van der Waals surface area contributed by atoms with E-state index in [0.717, 1.165) is 6.07 Å². The third-order valence-corrected chi connectivity index (χ3v) is 3.54. The maximum absolute atomic E-state index is 13.2. The van der Waals surface area contributed by atoms with Crippen molar-refractivity contribution < 1.29 is 9.18 Å². The summed E-state index contributed by atoms with van der Waals surface area (Å²) in [6.45, 7) is 0. The Morgan fingerprint density at radius 3 is 2.60 bits per heavy atom. The van der Waals surface area contributed by atoms with Crippen molar-refractivity contribution in [3.63, 3.8) is 0 Å². The molecule has 0 saturated heterocycles. The molecule has 0 bridgehead atoms. The molecule has 0 heterocycles. The lowest BCUT2D eigenvalue weighted by molar-refractivity contribution is 0.100. The van der Waals surface area contributed by atoms with Crippen molar-refractivity contribution in [3.05, 3.63) is 51.2 Å². The van der Waals surface area contributed by atoms with Gasteiger partial charge in [-0.3, -0.25) is 4.79 Å². The average Bonchev–Trinajstić information content (AvgIpc) is 2.34. The second-order valence-electron chi connectivity index (χ2n) is 4.00. The van der Waals surface area contributed by atoms with E-state index < -0.39 is 11.7 Å². The van der Waals surface area contributed by atoms with E-state index in [1.165, 1.54) is 12.1 Å². The fourth-order valence-electron chi connectivity index (χ4n) is 1.70. The van der Waals surface area contributed by atoms with Gasteiger partial charge < -0.3 is 16.8 Å². The zero-order chi connectivity index (χ0) is 14.9. The first-order valence-corrected chi connectivity index (χ1v) is 6.67. The van der Waals surface area contributed by atoms with Crippen molar-refractivity contribution in [3.8, 4) is 0 Å². The minimum Gasteiger partial charge on any atom is -0.397 e. The SMILES string of the molecule is NC(=O)c1cccc(N)c1Nc1c(Cl)cc(F)cc1Br. The van der Waals surface area contributed by atoms with Gasteiger partial charge in [-0.05, 0) is 40.2 Å². The maximum Gasteiger partial charge on any atom is 0.250 e. The van der Waals surface area contributed by atoms with Crippen LogP contribution in [0.4, 0.5) is 21.5 Å². The third-order valence-electron chi connectivity index (χ3n) is 2.62. The lowest BCUT2D eigenvalue weighted by atomic mass is 10.1. The largest absolute Gasteiger partial charge is 0.397 e. The fraction of sp³-hybridized carbons (Fsp3) is 0. The van der Waals surface area contributed by atoms with Crippen molar-refractivity contribution in [1.82, 2.24) is 0 Å². The molecule has 0 fully saturated rings. The Kier molecular flexibility index (Phi) is 4.15. The normalized spacial score (nSPS) is 10.3. The van der Waals surface area contributed by atoms with Gasteiger partial charge in [-0.25, -0.2) is 4.39 Å². The number of amides is 1. The molecule has 0 aliphatic carbocycles. The number of halogens is 3. The highest BCUT2D eigenvalue weighted by Crippen LogP contribution is 2.36. The second kappa shape index (κ2) is 5.68. The summed E-state index contributed by atoms with van der Waals surface area (Å²) in [5, 5.41) is 3.06. The molecule has 0 aliphatic rings. The first-order chi connectivity index (χ1) is 9.40. The summed E-state index contributed by atoms with van der Waals surface area (Å²) in [6.07, 6.45) is 0. The first kappa shape index (κ1) is 14.6. The number of carbonyl (C=O) groups excluding carboxylic acids is 1. The predicted octanol–water partition coefficient (Wildman–Crippen LogP) is 3.67. The van der Waals surface area contributed by atoms with Gasteiger partial charge in [0.25, 0.3) is 5.91 Å². The van der Waals surface area contributed by atoms with Gasteiger partial charge in [-0.15, -0.1) is 0 Å². The molecule has 20 heavy (non-hydrogen) atoms. The fourth-order valence-corrected chi connectivity index (χ4v) is 2.60. The molecule has 0 saturated carbocycles. The average molecular weight is 359 g/mol. The Morgan fingerprint density at radius 1 is 1.30 bits per heavy atom. The van der Waals surface area contributed by atoms with Crippen LogP contribution in [0.25, 0.3) is 0 Å². The molecule has 1 amide bonds. The molecule has 0 radical (unpaired) electrons. The molecule has 4 nitrogen and oxygen atoms in total. The van der Waals surface area contributed by atoms with E-state index >= 15 is 0 Å². The van der Waals surface area contributed by atoms with E-state index in [-0.39, 0.29) is 10.6 Å². The van der Waals surface area contributed by atoms with Crippen molar-refractivity contribution in [2.24, 2.45) is 5.73 Å². The van der Waals surface area contributed by atoms with E-state index in [9.17, 15) is 9.18 Å². The summed E-state index contributed by atoms with van der Waals surface area (Å²) in [6, 6.07) is 7.16. The summed E-state index contributed by atoms with van der Waals surface area (Å²) in [5.41, 5.74) is 12.4. The number of nitrogens with one attached hydrogen (secondary N) is 1. The number of carbonyl (C=O) groups is 1. The molecule has 0 atom stereocenters. The Morgan fingerprint density at radius 2 is 2.00 bits per heavy atom. The Balaban J connectivity index is 2.53. The molecular weight excluding hydrogens is 349 g/mol. The highest BCUT2D eigenvalue weighted by Gasteiger charge is 2.15. The van der Waals surface area contributed by atoms with Crippen molar-refractivity contribution in [2.45, 2.75) is 0 Å². The number of para-hydroxylation sites is 1. The van der Waals surface area contributed by atoms with Crippen LogP contribution in [0.3, 0.4) is 0 Å². The summed E-state index contributed by atoms with van der Waals surface area (Å²) >= 11 is 9.18. The lowest BCUT2D eigenvalue weighted by Gasteiger charge is -2.15. The topological polar surface area (TPSA) is 81.1 Å².